The van der Waals surface area contributed by atoms with Crippen molar-refractivity contribution in [2.24, 2.45) is 0 Å². The van der Waals surface area contributed by atoms with E-state index in [1.807, 2.05) is 35.5 Å². The minimum absolute atomic E-state index is 0.00687. The van der Waals surface area contributed by atoms with Gasteiger partial charge in [-0.25, -0.2) is 9.78 Å². The van der Waals surface area contributed by atoms with E-state index in [1.165, 1.54) is 12.8 Å². The largest absolute Gasteiger partial charge is 0.485 e. The lowest BCUT2D eigenvalue weighted by Gasteiger charge is -2.22. The number of likely N-dealkylation sites (tertiary alicyclic amines) is 1. The first-order valence-corrected chi connectivity index (χ1v) is 9.66. The van der Waals surface area contributed by atoms with E-state index in [0.29, 0.717) is 26.2 Å². The lowest BCUT2D eigenvalue weighted by molar-refractivity contribution is 0.186. The second kappa shape index (κ2) is 8.28. The van der Waals surface area contributed by atoms with Gasteiger partial charge in [0.25, 0.3) is 0 Å². The van der Waals surface area contributed by atoms with E-state index >= 15 is 0 Å². The topological polar surface area (TPSA) is 75.5 Å². The smallest absolute Gasteiger partial charge is 0.317 e. The molecular weight excluding hydrogens is 344 g/mol. The van der Waals surface area contributed by atoms with Crippen molar-refractivity contribution >= 4 is 11.8 Å². The summed E-state index contributed by atoms with van der Waals surface area (Å²) in [6.07, 6.45) is 8.68. The van der Waals surface area contributed by atoms with Gasteiger partial charge in [0.1, 0.15) is 6.10 Å². The van der Waals surface area contributed by atoms with Crippen LogP contribution in [0.1, 0.15) is 19.3 Å². The molecule has 0 radical (unpaired) electrons. The summed E-state index contributed by atoms with van der Waals surface area (Å²) in [5.74, 6) is 1.75. The van der Waals surface area contributed by atoms with Crippen molar-refractivity contribution in [1.29, 1.82) is 0 Å². The zero-order chi connectivity index (χ0) is 18.5. The summed E-state index contributed by atoms with van der Waals surface area (Å²) >= 11 is 0. The van der Waals surface area contributed by atoms with Crippen LogP contribution in [0.5, 0.6) is 5.75 Å². The molecule has 4 rings (SSSR count). The normalized spacial score (nSPS) is 19.5. The first-order chi connectivity index (χ1) is 13.3. The van der Waals surface area contributed by atoms with E-state index in [4.69, 9.17) is 4.74 Å². The maximum atomic E-state index is 12.4. The van der Waals surface area contributed by atoms with Crippen molar-refractivity contribution in [3.8, 4) is 5.75 Å². The Labute approximate surface area is 159 Å². The average Bonchev–Trinajstić information content (AvgIpc) is 3.45. The zero-order valence-corrected chi connectivity index (χ0v) is 15.5. The quantitative estimate of drug-likeness (QED) is 0.838. The molecule has 2 saturated heterocycles. The molecule has 0 unspecified atom stereocenters. The summed E-state index contributed by atoms with van der Waals surface area (Å²) < 4.78 is 8.03. The van der Waals surface area contributed by atoms with Gasteiger partial charge in [-0.2, -0.15) is 5.10 Å². The van der Waals surface area contributed by atoms with Gasteiger partial charge in [-0.3, -0.25) is 4.68 Å². The maximum Gasteiger partial charge on any atom is 0.317 e. The van der Waals surface area contributed by atoms with Gasteiger partial charge in [0.2, 0.25) is 0 Å². The third-order valence-corrected chi connectivity index (χ3v) is 5.06. The van der Waals surface area contributed by atoms with E-state index < -0.39 is 0 Å². The Bertz CT molecular complexity index is 744. The number of carbonyl (C=O) groups is 1. The fourth-order valence-corrected chi connectivity index (χ4v) is 3.65. The van der Waals surface area contributed by atoms with Crippen LogP contribution >= 0.6 is 0 Å². The van der Waals surface area contributed by atoms with Gasteiger partial charge in [0.15, 0.2) is 11.6 Å². The molecule has 4 heterocycles. The molecule has 0 spiro atoms. The molecule has 0 bridgehead atoms. The predicted molar refractivity (Wildman–Crippen MR) is 102 cm³/mol. The molecule has 2 fully saturated rings. The molecule has 2 amide bonds. The molecule has 144 valence electrons. The van der Waals surface area contributed by atoms with Crippen molar-refractivity contribution in [1.82, 2.24) is 25.0 Å². The van der Waals surface area contributed by atoms with Gasteiger partial charge >= 0.3 is 6.03 Å². The standard InChI is InChI=1S/C19H26N6O2/c26-19(21-9-14-25-12-4-8-22-25)24-13-6-16(15-24)27-17-5-3-7-20-18(17)23-10-1-2-11-23/h3-5,7-8,12,16H,1-2,6,9-11,13-15H2,(H,21,26)/t16-/m1/s1. The number of nitrogens with one attached hydrogen (secondary N) is 1. The highest BCUT2D eigenvalue weighted by Gasteiger charge is 2.29. The first-order valence-electron chi connectivity index (χ1n) is 9.66. The Morgan fingerprint density at radius 1 is 1.22 bits per heavy atom. The number of hydrogen-bond acceptors (Lipinski definition) is 5. The van der Waals surface area contributed by atoms with Crippen LogP contribution in [0.15, 0.2) is 36.8 Å². The summed E-state index contributed by atoms with van der Waals surface area (Å²) in [7, 11) is 0. The highest BCUT2D eigenvalue weighted by molar-refractivity contribution is 5.74. The number of hydrogen-bond donors (Lipinski definition) is 1. The molecule has 8 heteroatoms. The van der Waals surface area contributed by atoms with E-state index in [2.05, 4.69) is 20.3 Å². The van der Waals surface area contributed by atoms with Crippen molar-refractivity contribution in [3.05, 3.63) is 36.8 Å². The Kier molecular flexibility index (Phi) is 5.41. The fourth-order valence-electron chi connectivity index (χ4n) is 3.65. The second-order valence-corrected chi connectivity index (χ2v) is 6.99. The molecule has 0 saturated carbocycles. The molecule has 2 aliphatic heterocycles. The molecule has 2 aromatic rings. The zero-order valence-electron chi connectivity index (χ0n) is 15.5. The first kappa shape index (κ1) is 17.6. The molecule has 0 aliphatic carbocycles. The number of ether oxygens (including phenoxy) is 1. The van der Waals surface area contributed by atoms with Gasteiger partial charge in [0.05, 0.1) is 13.1 Å². The molecular formula is C19H26N6O2. The summed E-state index contributed by atoms with van der Waals surface area (Å²) in [5, 5.41) is 7.09. The molecule has 8 nitrogen and oxygen atoms in total. The Morgan fingerprint density at radius 3 is 2.93 bits per heavy atom. The third kappa shape index (κ3) is 4.32. The van der Waals surface area contributed by atoms with Crippen molar-refractivity contribution in [2.45, 2.75) is 31.9 Å². The summed E-state index contributed by atoms with van der Waals surface area (Å²) in [5.41, 5.74) is 0. The monoisotopic (exact) mass is 370 g/mol. The van der Waals surface area contributed by atoms with Crippen LogP contribution in [-0.2, 0) is 6.54 Å². The number of rotatable bonds is 6. The second-order valence-electron chi connectivity index (χ2n) is 6.99. The summed E-state index contributed by atoms with van der Waals surface area (Å²) in [6.45, 7) is 4.59. The number of carbonyl (C=O) groups excluding carboxylic acids is 1. The molecule has 0 aromatic carbocycles. The highest BCUT2D eigenvalue weighted by atomic mass is 16.5. The number of pyridine rings is 1. The molecule has 2 aromatic heterocycles. The van der Waals surface area contributed by atoms with Crippen molar-refractivity contribution < 1.29 is 9.53 Å². The van der Waals surface area contributed by atoms with E-state index in [-0.39, 0.29) is 12.1 Å². The minimum Gasteiger partial charge on any atom is -0.485 e. The SMILES string of the molecule is O=C(NCCn1cccn1)N1CC[C@@H](Oc2cccnc2N2CCCC2)C1. The number of aromatic nitrogens is 3. The number of nitrogens with zero attached hydrogens (tertiary/aromatic N) is 5. The lowest BCUT2D eigenvalue weighted by Crippen LogP contribution is -2.40. The van der Waals surface area contributed by atoms with Crippen LogP contribution in [0, 0.1) is 0 Å². The van der Waals surface area contributed by atoms with E-state index in [0.717, 1.165) is 31.1 Å². The minimum atomic E-state index is -0.0424. The lowest BCUT2D eigenvalue weighted by atomic mass is 10.3. The molecule has 1 N–H and O–H groups in total. The van der Waals surface area contributed by atoms with Gasteiger partial charge in [-0.15, -0.1) is 0 Å². The van der Waals surface area contributed by atoms with E-state index in [1.54, 1.807) is 10.9 Å². The number of anilines is 1. The maximum absolute atomic E-state index is 12.4. The summed E-state index contributed by atoms with van der Waals surface area (Å²) in [4.78, 5) is 21.0. The van der Waals surface area contributed by atoms with Gasteiger partial charge in [-0.05, 0) is 31.0 Å². The van der Waals surface area contributed by atoms with Crippen molar-refractivity contribution in [2.75, 3.05) is 37.6 Å². The van der Waals surface area contributed by atoms with Crippen LogP contribution < -0.4 is 15.0 Å². The highest BCUT2D eigenvalue weighted by Crippen LogP contribution is 2.30. The Hall–Kier alpha value is -2.77. The van der Waals surface area contributed by atoms with Crippen LogP contribution in [0.2, 0.25) is 0 Å². The number of urea groups is 1. The molecule has 2 aliphatic rings. The Morgan fingerprint density at radius 2 is 2.11 bits per heavy atom. The van der Waals surface area contributed by atoms with Gasteiger partial charge in [-0.1, -0.05) is 0 Å². The van der Waals surface area contributed by atoms with Crippen LogP contribution in [0.3, 0.4) is 0 Å². The third-order valence-electron chi connectivity index (χ3n) is 5.06. The fraction of sp³-hybridized carbons (Fsp3) is 0.526. The number of amides is 2. The predicted octanol–water partition coefficient (Wildman–Crippen LogP) is 1.74. The summed E-state index contributed by atoms with van der Waals surface area (Å²) in [6, 6.07) is 5.72. The van der Waals surface area contributed by atoms with Gasteiger partial charge < -0.3 is 19.9 Å². The van der Waals surface area contributed by atoms with Crippen LogP contribution in [-0.4, -0.2) is 64.5 Å². The van der Waals surface area contributed by atoms with Crippen LogP contribution in [0.25, 0.3) is 0 Å². The van der Waals surface area contributed by atoms with Crippen molar-refractivity contribution in [3.63, 3.8) is 0 Å². The van der Waals surface area contributed by atoms with Crippen LogP contribution in [0.4, 0.5) is 10.6 Å². The Balaban J connectivity index is 1.28. The van der Waals surface area contributed by atoms with E-state index in [9.17, 15) is 4.79 Å². The molecule has 1 atom stereocenters. The average molecular weight is 370 g/mol. The van der Waals surface area contributed by atoms with Gasteiger partial charge in [0, 0.05) is 51.2 Å². The molecule has 27 heavy (non-hydrogen) atoms.